The normalized spacial score (nSPS) is 15.3. The van der Waals surface area contributed by atoms with Crippen LogP contribution < -0.4 is 14.5 Å². The Morgan fingerprint density at radius 1 is 1.09 bits per heavy atom. The fourth-order valence-electron chi connectivity index (χ4n) is 3.86. The molecule has 0 radical (unpaired) electrons. The lowest BCUT2D eigenvalue weighted by atomic mass is 10.0. The number of nitrogens with zero attached hydrogens (tertiary/aromatic N) is 4. The van der Waals surface area contributed by atoms with Crippen LogP contribution in [0.1, 0.15) is 22.9 Å². The van der Waals surface area contributed by atoms with Crippen LogP contribution in [-0.2, 0) is 0 Å². The number of rotatable bonds is 7. The summed E-state index contributed by atoms with van der Waals surface area (Å²) >= 11 is 3.12. The zero-order valence-corrected chi connectivity index (χ0v) is 20.0. The van der Waals surface area contributed by atoms with Gasteiger partial charge in [0.2, 0.25) is 5.13 Å². The van der Waals surface area contributed by atoms with E-state index in [1.807, 2.05) is 46.1 Å². The topological polar surface area (TPSA) is 90.1 Å². The molecule has 0 spiro atoms. The van der Waals surface area contributed by atoms with Crippen LogP contribution in [0.25, 0.3) is 11.3 Å². The molecule has 0 fully saturated rings. The molecule has 172 valence electrons. The summed E-state index contributed by atoms with van der Waals surface area (Å²) in [6, 6.07) is 16.2. The van der Waals surface area contributed by atoms with Crippen LogP contribution >= 0.6 is 22.7 Å². The molecule has 34 heavy (non-hydrogen) atoms. The van der Waals surface area contributed by atoms with Crippen LogP contribution in [0.2, 0.25) is 0 Å². The second kappa shape index (κ2) is 9.24. The first-order chi connectivity index (χ1) is 16.6. The van der Waals surface area contributed by atoms with Crippen LogP contribution in [0.5, 0.6) is 11.5 Å². The molecule has 3 heterocycles. The van der Waals surface area contributed by atoms with E-state index in [1.54, 1.807) is 37.7 Å². The molecule has 0 bridgehead atoms. The highest BCUT2D eigenvalue weighted by molar-refractivity contribution is 7.14. The summed E-state index contributed by atoms with van der Waals surface area (Å²) in [5.74, 6) is 1.42. The molecule has 0 aliphatic carbocycles. The largest absolute Gasteiger partial charge is 0.497 e. The van der Waals surface area contributed by atoms with Gasteiger partial charge in [-0.1, -0.05) is 18.2 Å². The molecule has 0 N–H and O–H groups in total. The second-order valence-electron chi connectivity index (χ2n) is 7.52. The summed E-state index contributed by atoms with van der Waals surface area (Å²) in [5.41, 5.74) is 3.57. The summed E-state index contributed by atoms with van der Waals surface area (Å²) in [5, 5.41) is 22.7. The lowest BCUT2D eigenvalue weighted by Gasteiger charge is -2.21. The minimum Gasteiger partial charge on any atom is -0.497 e. The fourth-order valence-corrected chi connectivity index (χ4v) is 5.41. The monoisotopic (exact) mass is 492 g/mol. The van der Waals surface area contributed by atoms with Crippen LogP contribution in [0.4, 0.5) is 10.8 Å². The van der Waals surface area contributed by atoms with Crippen LogP contribution in [0, 0.1) is 10.1 Å². The van der Waals surface area contributed by atoms with Crippen molar-refractivity contribution in [1.82, 2.24) is 4.98 Å². The summed E-state index contributed by atoms with van der Waals surface area (Å²) in [7, 11) is 3.25. The van der Waals surface area contributed by atoms with E-state index in [4.69, 9.17) is 19.6 Å². The van der Waals surface area contributed by atoms with E-state index in [0.29, 0.717) is 17.9 Å². The lowest BCUT2D eigenvalue weighted by Crippen LogP contribution is -2.18. The highest BCUT2D eigenvalue weighted by atomic mass is 32.1. The molecule has 10 heteroatoms. The standard InChI is InChI=1S/C24H20N4O4S2/c1-31-17-9-10-22(32-2)18(12-17)20-14-34-24(25-20)27-21(13-19(26-27)23-4-3-11-33-23)15-5-7-16(8-6-15)28(29)30/h3-12,14,21H,13H2,1-2H3. The third kappa shape index (κ3) is 4.13. The number of methoxy groups -OCH3 is 2. The quantitative estimate of drug-likeness (QED) is 0.227. The van der Waals surface area contributed by atoms with E-state index in [1.165, 1.54) is 23.5 Å². The average Bonchev–Trinajstić information content (AvgIpc) is 3.64. The molecule has 1 aliphatic heterocycles. The van der Waals surface area contributed by atoms with Crippen molar-refractivity contribution in [2.45, 2.75) is 12.5 Å². The maximum atomic E-state index is 11.1. The van der Waals surface area contributed by atoms with Gasteiger partial charge in [0.15, 0.2) is 0 Å². The van der Waals surface area contributed by atoms with Crippen molar-refractivity contribution in [3.8, 4) is 22.8 Å². The highest BCUT2D eigenvalue weighted by Crippen LogP contribution is 2.42. The van der Waals surface area contributed by atoms with Crippen molar-refractivity contribution < 1.29 is 14.4 Å². The number of anilines is 1. The van der Waals surface area contributed by atoms with Crippen LogP contribution in [0.15, 0.2) is 70.5 Å². The van der Waals surface area contributed by atoms with Gasteiger partial charge >= 0.3 is 0 Å². The minimum atomic E-state index is -0.390. The Hall–Kier alpha value is -3.76. The van der Waals surface area contributed by atoms with Gasteiger partial charge in [-0.15, -0.1) is 22.7 Å². The first kappa shape index (κ1) is 22.1. The van der Waals surface area contributed by atoms with E-state index in [-0.39, 0.29) is 11.7 Å². The Morgan fingerprint density at radius 3 is 2.59 bits per heavy atom. The molecule has 0 saturated heterocycles. The third-order valence-electron chi connectivity index (χ3n) is 5.58. The van der Waals surface area contributed by atoms with Crippen molar-refractivity contribution in [2.75, 3.05) is 19.2 Å². The number of benzene rings is 2. The first-order valence-electron chi connectivity index (χ1n) is 10.4. The van der Waals surface area contributed by atoms with Gasteiger partial charge in [0.1, 0.15) is 11.5 Å². The Labute approximate surface area is 203 Å². The molecular formula is C24H20N4O4S2. The Kier molecular flexibility index (Phi) is 5.99. The van der Waals surface area contributed by atoms with Gasteiger partial charge in [0.25, 0.3) is 5.69 Å². The smallest absolute Gasteiger partial charge is 0.269 e. The van der Waals surface area contributed by atoms with Gasteiger partial charge in [0, 0.05) is 29.5 Å². The zero-order valence-electron chi connectivity index (χ0n) is 18.4. The Balaban J connectivity index is 1.53. The third-order valence-corrected chi connectivity index (χ3v) is 7.32. The molecule has 8 nitrogen and oxygen atoms in total. The van der Waals surface area contributed by atoms with E-state index in [9.17, 15) is 10.1 Å². The predicted molar refractivity (Wildman–Crippen MR) is 134 cm³/mol. The van der Waals surface area contributed by atoms with Crippen molar-refractivity contribution in [2.24, 2.45) is 5.10 Å². The molecule has 1 aliphatic rings. The molecule has 0 amide bonds. The maximum absolute atomic E-state index is 11.1. The molecule has 2 aromatic heterocycles. The molecule has 1 unspecified atom stereocenters. The molecule has 0 saturated carbocycles. The van der Waals surface area contributed by atoms with Gasteiger partial charge < -0.3 is 9.47 Å². The van der Waals surface area contributed by atoms with Gasteiger partial charge in [-0.3, -0.25) is 10.1 Å². The average molecular weight is 493 g/mol. The maximum Gasteiger partial charge on any atom is 0.269 e. The van der Waals surface area contributed by atoms with Crippen LogP contribution in [0.3, 0.4) is 0 Å². The van der Waals surface area contributed by atoms with E-state index < -0.39 is 4.92 Å². The molecule has 4 aromatic rings. The lowest BCUT2D eigenvalue weighted by molar-refractivity contribution is -0.384. The number of hydrogen-bond acceptors (Lipinski definition) is 9. The second-order valence-corrected chi connectivity index (χ2v) is 9.30. The Morgan fingerprint density at radius 2 is 1.91 bits per heavy atom. The number of nitro benzene ring substituents is 1. The highest BCUT2D eigenvalue weighted by Gasteiger charge is 2.32. The van der Waals surface area contributed by atoms with Crippen molar-refractivity contribution in [3.63, 3.8) is 0 Å². The van der Waals surface area contributed by atoms with Gasteiger partial charge in [-0.2, -0.15) is 5.10 Å². The van der Waals surface area contributed by atoms with Gasteiger partial charge in [0.05, 0.1) is 41.5 Å². The van der Waals surface area contributed by atoms with Crippen molar-refractivity contribution >= 4 is 39.2 Å². The number of thiophene rings is 1. The number of non-ortho nitro benzene ring substituents is 1. The summed E-state index contributed by atoms with van der Waals surface area (Å²) in [4.78, 5) is 16.7. The SMILES string of the molecule is COc1ccc(OC)c(-c2csc(N3N=C(c4cccs4)CC3c3ccc([N+](=O)[O-])cc3)n2)c1. The molecule has 5 rings (SSSR count). The van der Waals surface area contributed by atoms with E-state index in [2.05, 4.69) is 0 Å². The number of hydrogen-bond donors (Lipinski definition) is 0. The molecular weight excluding hydrogens is 472 g/mol. The number of thiazole rings is 1. The predicted octanol–water partition coefficient (Wildman–Crippen LogP) is 6.15. The zero-order chi connectivity index (χ0) is 23.7. The first-order valence-corrected chi connectivity index (χ1v) is 12.2. The Bertz CT molecular complexity index is 1350. The van der Waals surface area contributed by atoms with E-state index >= 15 is 0 Å². The summed E-state index contributed by atoms with van der Waals surface area (Å²) in [6.07, 6.45) is 0.676. The number of ether oxygens (including phenoxy) is 2. The van der Waals surface area contributed by atoms with Crippen molar-refractivity contribution in [1.29, 1.82) is 0 Å². The fraction of sp³-hybridized carbons (Fsp3) is 0.167. The molecule has 1 atom stereocenters. The summed E-state index contributed by atoms with van der Waals surface area (Å²) < 4.78 is 10.9. The molecule has 2 aromatic carbocycles. The number of nitro groups is 1. The number of aromatic nitrogens is 1. The van der Waals surface area contributed by atoms with Crippen molar-refractivity contribution in [3.05, 3.63) is 85.9 Å². The van der Waals surface area contributed by atoms with Crippen LogP contribution in [-0.4, -0.2) is 29.8 Å². The van der Waals surface area contributed by atoms with Gasteiger partial charge in [-0.05, 0) is 35.2 Å². The number of hydrazone groups is 1. The minimum absolute atomic E-state index is 0.0642. The van der Waals surface area contributed by atoms with Gasteiger partial charge in [-0.25, -0.2) is 9.99 Å². The van der Waals surface area contributed by atoms with E-state index in [0.717, 1.165) is 32.5 Å². The summed E-state index contributed by atoms with van der Waals surface area (Å²) in [6.45, 7) is 0.